The molecule has 2 aromatic carbocycles. The molecule has 1 aliphatic carbocycles. The number of hydrogen-bond donors (Lipinski definition) is 0. The number of rotatable bonds is 5. The highest BCUT2D eigenvalue weighted by molar-refractivity contribution is 7.93. The Bertz CT molecular complexity index is 1130. The van der Waals surface area contributed by atoms with Crippen LogP contribution in [0.3, 0.4) is 0 Å². The molecule has 33 heavy (non-hydrogen) atoms. The number of Topliss-reactive ketones (excluding diaryl/α,β-unsaturated/α-hetero) is 1. The third-order valence-corrected chi connectivity index (χ3v) is 9.18. The molecule has 1 heterocycles. The van der Waals surface area contributed by atoms with Crippen molar-refractivity contribution in [3.05, 3.63) is 71.3 Å². The van der Waals surface area contributed by atoms with Crippen molar-refractivity contribution in [1.82, 2.24) is 0 Å². The van der Waals surface area contributed by atoms with Crippen molar-refractivity contribution < 1.29 is 32.2 Å². The van der Waals surface area contributed by atoms with Crippen LogP contribution in [0.1, 0.15) is 35.8 Å². The molecular formula is C25H26O7S. The number of hydrogen-bond acceptors (Lipinski definition) is 7. The van der Waals surface area contributed by atoms with Gasteiger partial charge in [0.05, 0.1) is 27.1 Å². The van der Waals surface area contributed by atoms with Gasteiger partial charge in [0.25, 0.3) is 0 Å². The minimum Gasteiger partial charge on any atom is -0.497 e. The van der Waals surface area contributed by atoms with Gasteiger partial charge in [-0.1, -0.05) is 30.3 Å². The fourth-order valence-electron chi connectivity index (χ4n) is 5.15. The molecule has 1 saturated carbocycles. The predicted octanol–water partition coefficient (Wildman–Crippen LogP) is 3.20. The van der Waals surface area contributed by atoms with E-state index in [1.807, 2.05) is 0 Å². The average Bonchev–Trinajstić information content (AvgIpc) is 3.11. The van der Waals surface area contributed by atoms with Crippen LogP contribution in [0.5, 0.6) is 11.5 Å². The molecule has 0 radical (unpaired) electrons. The molecule has 2 aromatic rings. The maximum absolute atomic E-state index is 13.9. The normalized spacial score (nSPS) is 23.1. The van der Waals surface area contributed by atoms with E-state index in [0.717, 1.165) is 0 Å². The summed E-state index contributed by atoms with van der Waals surface area (Å²) in [5.74, 6) is -1.20. The van der Waals surface area contributed by atoms with Crippen molar-refractivity contribution in [2.75, 3.05) is 27.1 Å². The van der Waals surface area contributed by atoms with E-state index in [1.165, 1.54) is 7.11 Å². The summed E-state index contributed by atoms with van der Waals surface area (Å²) in [7, 11) is 0.455. The zero-order valence-electron chi connectivity index (χ0n) is 18.7. The van der Waals surface area contributed by atoms with Gasteiger partial charge in [-0.15, -0.1) is 0 Å². The van der Waals surface area contributed by atoms with Crippen molar-refractivity contribution in [2.24, 2.45) is 0 Å². The number of sulfone groups is 1. The average molecular weight is 471 g/mol. The van der Waals surface area contributed by atoms with Crippen LogP contribution in [0.2, 0.25) is 0 Å². The lowest BCUT2D eigenvalue weighted by atomic mass is 9.65. The number of benzene rings is 2. The first-order valence-electron chi connectivity index (χ1n) is 10.6. The number of carbonyl (C=O) groups excluding carboxylic acids is 2. The topological polar surface area (TPSA) is 96.0 Å². The van der Waals surface area contributed by atoms with E-state index in [2.05, 4.69) is 0 Å². The third kappa shape index (κ3) is 3.82. The van der Waals surface area contributed by atoms with Gasteiger partial charge in [0.1, 0.15) is 22.0 Å². The lowest BCUT2D eigenvalue weighted by Gasteiger charge is -2.45. The predicted molar refractivity (Wildman–Crippen MR) is 122 cm³/mol. The molecule has 0 unspecified atom stereocenters. The highest BCUT2D eigenvalue weighted by atomic mass is 32.2. The van der Waals surface area contributed by atoms with E-state index in [9.17, 15) is 18.0 Å². The molecule has 0 amide bonds. The molecule has 0 saturated heterocycles. The number of ketones is 1. The summed E-state index contributed by atoms with van der Waals surface area (Å²) < 4.78 is 41.6. The highest BCUT2D eigenvalue weighted by Crippen LogP contribution is 2.56. The maximum atomic E-state index is 13.9. The van der Waals surface area contributed by atoms with Crippen molar-refractivity contribution >= 4 is 21.6 Å². The summed E-state index contributed by atoms with van der Waals surface area (Å²) in [6, 6.07) is 14.1. The molecule has 0 N–H and O–H groups in total. The molecule has 2 atom stereocenters. The Labute approximate surface area is 193 Å². The third-order valence-electron chi connectivity index (χ3n) is 6.72. The van der Waals surface area contributed by atoms with Crippen LogP contribution < -0.4 is 9.47 Å². The molecule has 8 heteroatoms. The molecule has 174 valence electrons. The molecule has 2 aliphatic rings. The SMILES string of the molecule is COC(=O)C1=CC2([C@H](c3ccc(OC)cc3)CC(=O)C[C@H]2c2ccc(OC)cc2)S(=O)(=O)C1. The van der Waals surface area contributed by atoms with E-state index < -0.39 is 38.1 Å². The maximum Gasteiger partial charge on any atom is 0.334 e. The fourth-order valence-corrected chi connectivity index (χ4v) is 7.64. The van der Waals surface area contributed by atoms with Crippen LogP contribution in [0.4, 0.5) is 0 Å². The molecule has 4 rings (SSSR count). The van der Waals surface area contributed by atoms with Gasteiger partial charge in [-0.2, -0.15) is 0 Å². The summed E-state index contributed by atoms with van der Waals surface area (Å²) in [6.45, 7) is 0. The molecule has 0 aromatic heterocycles. The summed E-state index contributed by atoms with van der Waals surface area (Å²) in [5.41, 5.74) is 1.51. The van der Waals surface area contributed by atoms with Gasteiger partial charge in [0, 0.05) is 30.3 Å². The van der Waals surface area contributed by atoms with Crippen LogP contribution in [0, 0.1) is 0 Å². The van der Waals surface area contributed by atoms with Crippen molar-refractivity contribution in [3.63, 3.8) is 0 Å². The second-order valence-electron chi connectivity index (χ2n) is 8.37. The first kappa shape index (κ1) is 23.0. The summed E-state index contributed by atoms with van der Waals surface area (Å²) in [4.78, 5) is 25.3. The van der Waals surface area contributed by atoms with Crippen molar-refractivity contribution in [2.45, 2.75) is 29.4 Å². The van der Waals surface area contributed by atoms with Gasteiger partial charge < -0.3 is 14.2 Å². The molecule has 1 spiro atoms. The molecule has 1 fully saturated rings. The highest BCUT2D eigenvalue weighted by Gasteiger charge is 2.61. The first-order chi connectivity index (χ1) is 15.8. The van der Waals surface area contributed by atoms with Gasteiger partial charge in [0.2, 0.25) is 0 Å². The van der Waals surface area contributed by atoms with Gasteiger partial charge in [-0.05, 0) is 35.4 Å². The zero-order chi connectivity index (χ0) is 23.8. The minimum atomic E-state index is -3.87. The molecule has 7 nitrogen and oxygen atoms in total. The number of esters is 1. The Morgan fingerprint density at radius 1 is 0.848 bits per heavy atom. The summed E-state index contributed by atoms with van der Waals surface area (Å²) in [6.07, 6.45) is 1.66. The van der Waals surface area contributed by atoms with E-state index in [1.54, 1.807) is 68.8 Å². The van der Waals surface area contributed by atoms with E-state index >= 15 is 0 Å². The number of methoxy groups -OCH3 is 3. The molecular weight excluding hydrogens is 444 g/mol. The van der Waals surface area contributed by atoms with Crippen LogP contribution in [-0.2, 0) is 24.2 Å². The second kappa shape index (κ2) is 8.67. The standard InChI is InChI=1S/C25H26O7S/c1-30-20-8-4-16(5-9-20)22-12-19(26)13-23(17-6-10-21(31-2)11-7-17)25(22)14-18(24(27)32-3)15-33(25,28)29/h4-11,14,22-23H,12-13,15H2,1-3H3/t22-,23-/m0/s1. The van der Waals surface area contributed by atoms with Gasteiger partial charge in [-0.25, -0.2) is 13.2 Å². The van der Waals surface area contributed by atoms with Gasteiger partial charge in [-0.3, -0.25) is 4.79 Å². The molecule has 0 bridgehead atoms. The minimum absolute atomic E-state index is 0.0302. The van der Waals surface area contributed by atoms with Crippen LogP contribution >= 0.6 is 0 Å². The monoisotopic (exact) mass is 470 g/mol. The van der Waals surface area contributed by atoms with Crippen molar-refractivity contribution in [3.8, 4) is 11.5 Å². The zero-order valence-corrected chi connectivity index (χ0v) is 19.6. The Hall–Kier alpha value is -3.13. The first-order valence-corrected chi connectivity index (χ1v) is 12.2. The number of carbonyl (C=O) groups is 2. The second-order valence-corrected chi connectivity index (χ2v) is 10.6. The largest absolute Gasteiger partial charge is 0.497 e. The Morgan fingerprint density at radius 3 is 1.70 bits per heavy atom. The van der Waals surface area contributed by atoms with Crippen molar-refractivity contribution in [1.29, 1.82) is 0 Å². The van der Waals surface area contributed by atoms with Gasteiger partial charge >= 0.3 is 5.97 Å². The Balaban J connectivity index is 1.95. The lowest BCUT2D eigenvalue weighted by molar-refractivity contribution is -0.136. The van der Waals surface area contributed by atoms with E-state index in [4.69, 9.17) is 14.2 Å². The Kier molecular flexibility index (Phi) is 6.05. The van der Waals surface area contributed by atoms with Crippen LogP contribution in [-0.4, -0.2) is 52.0 Å². The van der Waals surface area contributed by atoms with E-state index in [-0.39, 0.29) is 24.2 Å². The quantitative estimate of drug-likeness (QED) is 0.619. The molecule has 1 aliphatic heterocycles. The fraction of sp³-hybridized carbons (Fsp3) is 0.360. The smallest absolute Gasteiger partial charge is 0.334 e. The summed E-state index contributed by atoms with van der Waals surface area (Å²) >= 11 is 0. The Morgan fingerprint density at radius 2 is 1.30 bits per heavy atom. The van der Waals surface area contributed by atoms with E-state index in [0.29, 0.717) is 22.6 Å². The van der Waals surface area contributed by atoms with Crippen LogP contribution in [0.25, 0.3) is 0 Å². The van der Waals surface area contributed by atoms with Gasteiger partial charge in [0.15, 0.2) is 9.84 Å². The number of ether oxygens (including phenoxy) is 3. The lowest BCUT2D eigenvalue weighted by Crippen LogP contribution is -2.50. The summed E-state index contributed by atoms with van der Waals surface area (Å²) in [5, 5.41) is 0. The van der Waals surface area contributed by atoms with Crippen LogP contribution in [0.15, 0.2) is 60.2 Å².